The van der Waals surface area contributed by atoms with Crippen molar-refractivity contribution in [1.29, 1.82) is 0 Å². The molecule has 2 rings (SSSR count). The summed E-state index contributed by atoms with van der Waals surface area (Å²) >= 11 is 3.37. The summed E-state index contributed by atoms with van der Waals surface area (Å²) < 4.78 is 1.08. The van der Waals surface area contributed by atoms with Crippen LogP contribution in [0, 0.1) is 0 Å². The minimum absolute atomic E-state index is 1.01. The first-order chi connectivity index (χ1) is 6.34. The second-order valence-electron chi connectivity index (χ2n) is 2.92. The molecule has 0 saturated heterocycles. The standard InChI is InChI=1S/C9H10BrN3/c10-7-1-3-8(4-2-7)11-13-12-9-5-6-9/h1-4,11,13H,5-6H2. The Balaban J connectivity index is 1.86. The number of anilines is 1. The Labute approximate surface area is 85.3 Å². The number of halogens is 1. The van der Waals surface area contributed by atoms with Crippen molar-refractivity contribution in [2.75, 3.05) is 5.43 Å². The summed E-state index contributed by atoms with van der Waals surface area (Å²) in [6.45, 7) is 0. The molecule has 0 radical (unpaired) electrons. The summed E-state index contributed by atoms with van der Waals surface area (Å²) in [6, 6.07) is 7.91. The monoisotopic (exact) mass is 239 g/mol. The molecule has 0 atom stereocenters. The maximum absolute atomic E-state index is 4.10. The zero-order valence-electron chi connectivity index (χ0n) is 7.05. The molecule has 0 bridgehead atoms. The fourth-order valence-corrected chi connectivity index (χ4v) is 1.14. The maximum atomic E-state index is 4.10. The van der Waals surface area contributed by atoms with Crippen molar-refractivity contribution in [3.05, 3.63) is 28.7 Å². The molecule has 1 aliphatic carbocycles. The molecule has 0 aliphatic heterocycles. The molecule has 13 heavy (non-hydrogen) atoms. The summed E-state index contributed by atoms with van der Waals surface area (Å²) in [5.41, 5.74) is 8.02. The summed E-state index contributed by atoms with van der Waals surface area (Å²) in [6.07, 6.45) is 2.27. The third-order valence-electron chi connectivity index (χ3n) is 1.73. The number of benzene rings is 1. The van der Waals surface area contributed by atoms with Gasteiger partial charge in [-0.25, -0.2) is 5.53 Å². The summed E-state index contributed by atoms with van der Waals surface area (Å²) in [5, 5.41) is 4.10. The predicted molar refractivity (Wildman–Crippen MR) is 57.6 cm³/mol. The van der Waals surface area contributed by atoms with Gasteiger partial charge in [0, 0.05) is 10.2 Å². The Hall–Kier alpha value is -1.03. The molecule has 1 aromatic rings. The van der Waals surface area contributed by atoms with E-state index in [2.05, 4.69) is 32.0 Å². The van der Waals surface area contributed by atoms with Gasteiger partial charge in [0.05, 0.1) is 5.69 Å². The topological polar surface area (TPSA) is 36.4 Å². The Bertz CT molecular complexity index is 312. The van der Waals surface area contributed by atoms with Gasteiger partial charge in [0.2, 0.25) is 0 Å². The zero-order chi connectivity index (χ0) is 9.10. The number of rotatable bonds is 3. The van der Waals surface area contributed by atoms with E-state index in [4.69, 9.17) is 0 Å². The van der Waals surface area contributed by atoms with Crippen molar-refractivity contribution in [2.45, 2.75) is 12.8 Å². The average molecular weight is 240 g/mol. The summed E-state index contributed by atoms with van der Waals surface area (Å²) in [4.78, 5) is 0. The molecule has 0 spiro atoms. The molecule has 0 unspecified atom stereocenters. The van der Waals surface area contributed by atoms with Gasteiger partial charge in [0.25, 0.3) is 0 Å². The molecular formula is C9H10BrN3. The van der Waals surface area contributed by atoms with Gasteiger partial charge in [-0.3, -0.25) is 5.43 Å². The smallest absolute Gasteiger partial charge is 0.0556 e. The maximum Gasteiger partial charge on any atom is 0.0556 e. The average Bonchev–Trinajstić information content (AvgIpc) is 2.92. The van der Waals surface area contributed by atoms with Gasteiger partial charge < -0.3 is 0 Å². The Morgan fingerprint density at radius 3 is 2.46 bits per heavy atom. The van der Waals surface area contributed by atoms with Crippen LogP contribution in [0.5, 0.6) is 0 Å². The van der Waals surface area contributed by atoms with Crippen LogP contribution in [-0.2, 0) is 0 Å². The van der Waals surface area contributed by atoms with Crippen molar-refractivity contribution >= 4 is 27.3 Å². The van der Waals surface area contributed by atoms with Crippen LogP contribution in [0.15, 0.2) is 33.8 Å². The van der Waals surface area contributed by atoms with Crippen molar-refractivity contribution in [2.24, 2.45) is 5.10 Å². The number of nitrogens with zero attached hydrogens (tertiary/aromatic N) is 1. The van der Waals surface area contributed by atoms with Gasteiger partial charge in [-0.1, -0.05) is 15.9 Å². The molecule has 4 heteroatoms. The SMILES string of the molecule is Brc1ccc(NNN=C2CC2)cc1. The minimum Gasteiger partial charge on any atom is -0.285 e. The number of nitrogens with one attached hydrogen (secondary N) is 2. The van der Waals surface area contributed by atoms with Crippen LogP contribution in [0.4, 0.5) is 5.69 Å². The Morgan fingerprint density at radius 1 is 1.15 bits per heavy atom. The first-order valence-corrected chi connectivity index (χ1v) is 4.96. The predicted octanol–water partition coefficient (Wildman–Crippen LogP) is 2.52. The first kappa shape index (κ1) is 8.56. The van der Waals surface area contributed by atoms with Gasteiger partial charge in [-0.2, -0.15) is 5.10 Å². The number of hydrogen-bond acceptors (Lipinski definition) is 3. The fraction of sp³-hybridized carbons (Fsp3) is 0.222. The van der Waals surface area contributed by atoms with E-state index in [-0.39, 0.29) is 0 Å². The molecule has 3 nitrogen and oxygen atoms in total. The van der Waals surface area contributed by atoms with Gasteiger partial charge in [0.1, 0.15) is 0 Å². The minimum atomic E-state index is 1.01. The van der Waals surface area contributed by atoms with Gasteiger partial charge >= 0.3 is 0 Å². The quantitative estimate of drug-likeness (QED) is 0.796. The van der Waals surface area contributed by atoms with Crippen molar-refractivity contribution in [3.63, 3.8) is 0 Å². The van der Waals surface area contributed by atoms with E-state index in [0.29, 0.717) is 0 Å². The molecule has 2 N–H and O–H groups in total. The highest BCUT2D eigenvalue weighted by molar-refractivity contribution is 9.10. The third kappa shape index (κ3) is 2.73. The van der Waals surface area contributed by atoms with Crippen molar-refractivity contribution in [3.8, 4) is 0 Å². The number of hydrazine groups is 1. The van der Waals surface area contributed by atoms with Crippen molar-refractivity contribution in [1.82, 2.24) is 5.53 Å². The van der Waals surface area contributed by atoms with E-state index in [1.807, 2.05) is 24.3 Å². The van der Waals surface area contributed by atoms with Crippen LogP contribution in [0.3, 0.4) is 0 Å². The number of hydrazone groups is 1. The van der Waals surface area contributed by atoms with Crippen LogP contribution in [0.1, 0.15) is 12.8 Å². The van der Waals surface area contributed by atoms with Gasteiger partial charge in [0.15, 0.2) is 0 Å². The zero-order valence-corrected chi connectivity index (χ0v) is 8.63. The second-order valence-corrected chi connectivity index (χ2v) is 3.84. The lowest BCUT2D eigenvalue weighted by Crippen LogP contribution is -2.14. The molecular weight excluding hydrogens is 230 g/mol. The molecule has 1 aromatic carbocycles. The van der Waals surface area contributed by atoms with Gasteiger partial charge in [-0.15, -0.1) is 0 Å². The highest BCUT2D eigenvalue weighted by atomic mass is 79.9. The lowest BCUT2D eigenvalue weighted by atomic mass is 10.3. The van der Waals surface area contributed by atoms with E-state index in [1.165, 1.54) is 5.71 Å². The lowest BCUT2D eigenvalue weighted by Gasteiger charge is -2.03. The summed E-state index contributed by atoms with van der Waals surface area (Å²) in [5.74, 6) is 0. The molecule has 1 fully saturated rings. The Kier molecular flexibility index (Phi) is 2.49. The number of hydrogen-bond donors (Lipinski definition) is 2. The first-order valence-electron chi connectivity index (χ1n) is 4.16. The van der Waals surface area contributed by atoms with Gasteiger partial charge in [-0.05, 0) is 37.1 Å². The molecule has 0 aromatic heterocycles. The normalized spacial score (nSPS) is 13.8. The molecule has 1 saturated carbocycles. The molecule has 0 amide bonds. The largest absolute Gasteiger partial charge is 0.285 e. The lowest BCUT2D eigenvalue weighted by molar-refractivity contribution is 0.881. The van der Waals surface area contributed by atoms with E-state index < -0.39 is 0 Å². The highest BCUT2D eigenvalue weighted by Gasteiger charge is 2.12. The van der Waals surface area contributed by atoms with Crippen LogP contribution in [-0.4, -0.2) is 5.71 Å². The van der Waals surface area contributed by atoms with Crippen LogP contribution in [0.2, 0.25) is 0 Å². The van der Waals surface area contributed by atoms with Crippen LogP contribution < -0.4 is 11.0 Å². The van der Waals surface area contributed by atoms with Crippen LogP contribution >= 0.6 is 15.9 Å². The Morgan fingerprint density at radius 2 is 1.85 bits per heavy atom. The molecule has 68 valence electrons. The second kappa shape index (κ2) is 3.79. The van der Waals surface area contributed by atoms with E-state index in [9.17, 15) is 0 Å². The van der Waals surface area contributed by atoms with E-state index in [1.54, 1.807) is 0 Å². The van der Waals surface area contributed by atoms with E-state index >= 15 is 0 Å². The summed E-state index contributed by atoms with van der Waals surface area (Å²) in [7, 11) is 0. The highest BCUT2D eigenvalue weighted by Crippen LogP contribution is 2.14. The fourth-order valence-electron chi connectivity index (χ4n) is 0.872. The third-order valence-corrected chi connectivity index (χ3v) is 2.26. The van der Waals surface area contributed by atoms with Crippen molar-refractivity contribution < 1.29 is 0 Å². The molecule has 1 aliphatic rings. The van der Waals surface area contributed by atoms with Crippen LogP contribution in [0.25, 0.3) is 0 Å². The van der Waals surface area contributed by atoms with E-state index in [0.717, 1.165) is 23.0 Å². The molecule has 0 heterocycles.